The third kappa shape index (κ3) is 1.26. The second kappa shape index (κ2) is 3.23. The van der Waals surface area contributed by atoms with Crippen molar-refractivity contribution < 1.29 is 4.79 Å². The van der Waals surface area contributed by atoms with Crippen molar-refractivity contribution in [2.45, 2.75) is 46.1 Å². The van der Waals surface area contributed by atoms with Crippen LogP contribution in [0.5, 0.6) is 0 Å². The van der Waals surface area contributed by atoms with Crippen LogP contribution in [-0.4, -0.2) is 35.1 Å². The van der Waals surface area contributed by atoms with E-state index in [-0.39, 0.29) is 5.41 Å². The summed E-state index contributed by atoms with van der Waals surface area (Å²) in [4.78, 5) is 12.3. The second-order valence-electron chi connectivity index (χ2n) is 4.91. The van der Waals surface area contributed by atoms with Crippen molar-refractivity contribution in [1.82, 2.24) is 10.0 Å². The highest BCUT2D eigenvalue weighted by atomic mass is 16.2. The molecule has 0 N–H and O–H groups in total. The van der Waals surface area contributed by atoms with Crippen molar-refractivity contribution >= 4 is 5.91 Å². The molecule has 0 aromatic rings. The summed E-state index contributed by atoms with van der Waals surface area (Å²) >= 11 is 0. The summed E-state index contributed by atoms with van der Waals surface area (Å²) in [6, 6.07) is 0.411. The summed E-state index contributed by atoms with van der Waals surface area (Å²) in [5, 5.41) is 4.23. The molecule has 14 heavy (non-hydrogen) atoms. The highest BCUT2D eigenvalue weighted by Crippen LogP contribution is 2.37. The molecule has 0 saturated carbocycles. The molecule has 0 radical (unpaired) electrons. The third-order valence-electron chi connectivity index (χ3n) is 3.95. The lowest BCUT2D eigenvalue weighted by Gasteiger charge is -2.44. The van der Waals surface area contributed by atoms with Gasteiger partial charge in [0, 0.05) is 24.5 Å². The van der Waals surface area contributed by atoms with Gasteiger partial charge in [0.25, 0.3) is 0 Å². The molecule has 2 aliphatic rings. The lowest BCUT2D eigenvalue weighted by Crippen LogP contribution is -2.56. The Morgan fingerprint density at radius 3 is 2.86 bits per heavy atom. The minimum Gasteiger partial charge on any atom is -0.273 e. The normalized spacial score (nSPS) is 38.9. The maximum absolute atomic E-state index is 12.3. The Bertz CT molecular complexity index is 254. The van der Waals surface area contributed by atoms with Crippen LogP contribution in [0, 0.1) is 5.41 Å². The zero-order valence-corrected chi connectivity index (χ0v) is 9.42. The third-order valence-corrected chi connectivity index (χ3v) is 3.95. The molecule has 0 aliphatic carbocycles. The molecule has 0 spiro atoms. The fourth-order valence-electron chi connectivity index (χ4n) is 2.48. The molecule has 0 aromatic heterocycles. The molecule has 3 heteroatoms. The van der Waals surface area contributed by atoms with Crippen molar-refractivity contribution in [3.8, 4) is 0 Å². The lowest BCUT2D eigenvalue weighted by molar-refractivity contribution is -0.168. The van der Waals surface area contributed by atoms with Gasteiger partial charge in [0.15, 0.2) is 0 Å². The van der Waals surface area contributed by atoms with Gasteiger partial charge in [-0.25, -0.2) is 5.01 Å². The topological polar surface area (TPSA) is 23.6 Å². The van der Waals surface area contributed by atoms with E-state index in [1.165, 1.54) is 0 Å². The fraction of sp³-hybridized carbons (Fsp3) is 0.909. The average molecular weight is 196 g/mol. The highest BCUT2D eigenvalue weighted by Gasteiger charge is 2.45. The predicted octanol–water partition coefficient (Wildman–Crippen LogP) is 1.64. The van der Waals surface area contributed by atoms with E-state index in [9.17, 15) is 4.79 Å². The van der Waals surface area contributed by atoms with Crippen LogP contribution in [0.1, 0.15) is 40.0 Å². The van der Waals surface area contributed by atoms with E-state index in [0.717, 1.165) is 32.4 Å². The first-order valence-corrected chi connectivity index (χ1v) is 5.67. The van der Waals surface area contributed by atoms with Crippen LogP contribution in [0.3, 0.4) is 0 Å². The minimum absolute atomic E-state index is 0.102. The van der Waals surface area contributed by atoms with Crippen molar-refractivity contribution in [2.75, 3.05) is 13.1 Å². The number of amides is 1. The van der Waals surface area contributed by atoms with Crippen molar-refractivity contribution in [3.05, 3.63) is 0 Å². The smallest absolute Gasteiger partial charge is 0.243 e. The molecule has 80 valence electrons. The van der Waals surface area contributed by atoms with Gasteiger partial charge in [-0.3, -0.25) is 9.80 Å². The van der Waals surface area contributed by atoms with Gasteiger partial charge in [0.1, 0.15) is 0 Å². The van der Waals surface area contributed by atoms with Gasteiger partial charge < -0.3 is 0 Å². The summed E-state index contributed by atoms with van der Waals surface area (Å²) in [6.45, 7) is 8.50. The SMILES string of the molecule is CC[C@]1(C)CCN2CC[C@@H](C)N2C1=O. The summed E-state index contributed by atoms with van der Waals surface area (Å²) in [7, 11) is 0. The van der Waals surface area contributed by atoms with Crippen LogP contribution in [0.25, 0.3) is 0 Å². The predicted molar refractivity (Wildman–Crippen MR) is 55.5 cm³/mol. The molecule has 0 unspecified atom stereocenters. The molecule has 2 heterocycles. The number of carbonyl (C=O) groups excluding carboxylic acids is 1. The standard InChI is InChI=1S/C11H20N2O/c1-4-11(3)6-8-12-7-5-9(2)13(12)10(11)14/h9H,4-8H2,1-3H3/t9-,11-/m1/s1. The largest absolute Gasteiger partial charge is 0.273 e. The molecule has 2 atom stereocenters. The maximum Gasteiger partial charge on any atom is 0.243 e. The first-order chi connectivity index (χ1) is 6.58. The average Bonchev–Trinajstić information content (AvgIpc) is 2.55. The van der Waals surface area contributed by atoms with E-state index in [0.29, 0.717) is 11.9 Å². The Hall–Kier alpha value is -0.570. The zero-order valence-electron chi connectivity index (χ0n) is 9.42. The van der Waals surface area contributed by atoms with Crippen LogP contribution in [0.4, 0.5) is 0 Å². The van der Waals surface area contributed by atoms with Crippen molar-refractivity contribution in [2.24, 2.45) is 5.41 Å². The molecule has 0 bridgehead atoms. The van der Waals surface area contributed by atoms with E-state index in [2.05, 4.69) is 25.8 Å². The number of hydrogen-bond acceptors (Lipinski definition) is 2. The molecule has 3 nitrogen and oxygen atoms in total. The molecule has 2 rings (SSSR count). The summed E-state index contributed by atoms with van der Waals surface area (Å²) in [5.74, 6) is 0.344. The number of nitrogens with zero attached hydrogens (tertiary/aromatic N) is 2. The summed E-state index contributed by atoms with van der Waals surface area (Å²) in [5.41, 5.74) is -0.102. The van der Waals surface area contributed by atoms with Crippen LogP contribution >= 0.6 is 0 Å². The Morgan fingerprint density at radius 2 is 2.21 bits per heavy atom. The Labute approximate surface area is 86.0 Å². The lowest BCUT2D eigenvalue weighted by atomic mass is 9.81. The molecule has 1 amide bonds. The van der Waals surface area contributed by atoms with Gasteiger partial charge in [0.2, 0.25) is 5.91 Å². The highest BCUT2D eigenvalue weighted by molar-refractivity contribution is 5.83. The van der Waals surface area contributed by atoms with E-state index in [4.69, 9.17) is 0 Å². The number of rotatable bonds is 1. The number of hydrazine groups is 1. The molecule has 2 saturated heterocycles. The first-order valence-electron chi connectivity index (χ1n) is 5.67. The number of hydrogen-bond donors (Lipinski definition) is 0. The van der Waals surface area contributed by atoms with Crippen LogP contribution in [0.2, 0.25) is 0 Å². The second-order valence-corrected chi connectivity index (χ2v) is 4.91. The molecular formula is C11H20N2O. The number of carbonyl (C=O) groups is 1. The molecule has 2 aliphatic heterocycles. The molecule has 0 aromatic carbocycles. The van der Waals surface area contributed by atoms with Gasteiger partial charge in [-0.2, -0.15) is 0 Å². The van der Waals surface area contributed by atoms with Crippen LogP contribution < -0.4 is 0 Å². The van der Waals surface area contributed by atoms with Crippen LogP contribution in [-0.2, 0) is 4.79 Å². The maximum atomic E-state index is 12.3. The van der Waals surface area contributed by atoms with Gasteiger partial charge in [-0.05, 0) is 26.2 Å². The Balaban J connectivity index is 2.22. The van der Waals surface area contributed by atoms with Gasteiger partial charge >= 0.3 is 0 Å². The van der Waals surface area contributed by atoms with Gasteiger partial charge in [-0.1, -0.05) is 13.8 Å². The van der Waals surface area contributed by atoms with Crippen molar-refractivity contribution in [1.29, 1.82) is 0 Å². The summed E-state index contributed by atoms with van der Waals surface area (Å²) in [6.07, 6.45) is 3.11. The van der Waals surface area contributed by atoms with E-state index >= 15 is 0 Å². The summed E-state index contributed by atoms with van der Waals surface area (Å²) < 4.78 is 0. The Morgan fingerprint density at radius 1 is 1.50 bits per heavy atom. The molecular weight excluding hydrogens is 176 g/mol. The number of fused-ring (bicyclic) bond motifs is 1. The quantitative estimate of drug-likeness (QED) is 0.636. The monoisotopic (exact) mass is 196 g/mol. The van der Waals surface area contributed by atoms with Crippen LogP contribution in [0.15, 0.2) is 0 Å². The minimum atomic E-state index is -0.102. The van der Waals surface area contributed by atoms with E-state index in [1.54, 1.807) is 0 Å². The van der Waals surface area contributed by atoms with E-state index in [1.807, 2.05) is 5.01 Å². The van der Waals surface area contributed by atoms with Gasteiger partial charge in [-0.15, -0.1) is 0 Å². The Kier molecular flexibility index (Phi) is 2.30. The van der Waals surface area contributed by atoms with Gasteiger partial charge in [0.05, 0.1) is 0 Å². The van der Waals surface area contributed by atoms with Crippen molar-refractivity contribution in [3.63, 3.8) is 0 Å². The molecule has 2 fully saturated rings. The first kappa shape index (κ1) is 9.97. The zero-order chi connectivity index (χ0) is 10.3. The van der Waals surface area contributed by atoms with E-state index < -0.39 is 0 Å². The fourth-order valence-corrected chi connectivity index (χ4v) is 2.48.